The Balaban J connectivity index is 3.02. The van der Waals surface area contributed by atoms with E-state index < -0.39 is 23.7 Å². The van der Waals surface area contributed by atoms with Crippen molar-refractivity contribution in [1.29, 1.82) is 0 Å². The number of anilines is 1. The molecule has 6 nitrogen and oxygen atoms in total. The average Bonchev–Trinajstić information content (AvgIpc) is 2.31. The number of aliphatic carboxylic acids is 1. The van der Waals surface area contributed by atoms with E-state index in [1.165, 1.54) is 0 Å². The van der Waals surface area contributed by atoms with Crippen molar-refractivity contribution >= 4 is 17.7 Å². The number of carboxylic acid groups (broad SMARTS) is 1. The minimum Gasteiger partial charge on any atom is -0.481 e. The maximum Gasteiger partial charge on any atom is 0.412 e. The minimum absolute atomic E-state index is 0.172. The Bertz CT molecular complexity index is 576. The number of rotatable bonds is 4. The zero-order chi connectivity index (χ0) is 17.1. The van der Waals surface area contributed by atoms with Gasteiger partial charge in [-0.1, -0.05) is 6.07 Å². The van der Waals surface area contributed by atoms with Gasteiger partial charge in [0.15, 0.2) is 0 Å². The van der Waals surface area contributed by atoms with Crippen molar-refractivity contribution < 1.29 is 19.4 Å². The molecule has 1 unspecified atom stereocenters. The van der Waals surface area contributed by atoms with Gasteiger partial charge in [-0.15, -0.1) is 0 Å². The number of nitrogens with one attached hydrogen (secondary N) is 1. The second kappa shape index (κ2) is 6.79. The number of nitrogens with two attached hydrogens (primary N) is 1. The lowest BCUT2D eigenvalue weighted by Crippen LogP contribution is -2.27. The van der Waals surface area contributed by atoms with Gasteiger partial charge in [-0.05, 0) is 57.4 Å². The molecule has 1 aromatic carbocycles. The predicted octanol–water partition coefficient (Wildman–Crippen LogP) is 3.12. The van der Waals surface area contributed by atoms with Crippen LogP contribution in [0.3, 0.4) is 0 Å². The van der Waals surface area contributed by atoms with Crippen LogP contribution in [0.1, 0.15) is 49.9 Å². The van der Waals surface area contributed by atoms with E-state index in [9.17, 15) is 9.59 Å². The van der Waals surface area contributed by atoms with Crippen LogP contribution in [0.25, 0.3) is 0 Å². The molecule has 0 bridgehead atoms. The molecule has 1 rings (SSSR count). The van der Waals surface area contributed by atoms with Crippen LogP contribution < -0.4 is 11.1 Å². The smallest absolute Gasteiger partial charge is 0.412 e. The molecule has 1 aromatic rings. The molecule has 22 heavy (non-hydrogen) atoms. The zero-order valence-corrected chi connectivity index (χ0v) is 13.7. The number of amides is 1. The van der Waals surface area contributed by atoms with Gasteiger partial charge in [0.1, 0.15) is 5.60 Å². The number of benzene rings is 1. The van der Waals surface area contributed by atoms with Crippen molar-refractivity contribution in [1.82, 2.24) is 0 Å². The Kier molecular flexibility index (Phi) is 5.54. The van der Waals surface area contributed by atoms with E-state index in [2.05, 4.69) is 5.32 Å². The Morgan fingerprint density at radius 1 is 1.32 bits per heavy atom. The fourth-order valence-corrected chi connectivity index (χ4v) is 1.95. The van der Waals surface area contributed by atoms with E-state index >= 15 is 0 Å². The number of hydrogen-bond donors (Lipinski definition) is 3. The summed E-state index contributed by atoms with van der Waals surface area (Å²) >= 11 is 0. The number of hydrogen-bond acceptors (Lipinski definition) is 4. The second-order valence-corrected chi connectivity index (χ2v) is 6.34. The zero-order valence-electron chi connectivity index (χ0n) is 13.7. The Labute approximate surface area is 130 Å². The molecule has 0 aromatic heterocycles. The fraction of sp³-hybridized carbons (Fsp3) is 0.500. The van der Waals surface area contributed by atoms with E-state index in [0.29, 0.717) is 11.3 Å². The standard InChI is InChI=1S/C16H24N2O4/c1-9-6-11(12(17)8-14(19)20)7-13(10(9)2)18-15(21)22-16(3,4)5/h6-7,12H,8,17H2,1-5H3,(H,18,21)(H,19,20). The highest BCUT2D eigenvalue weighted by molar-refractivity contribution is 5.86. The van der Waals surface area contributed by atoms with Gasteiger partial charge in [0.2, 0.25) is 0 Å². The van der Waals surface area contributed by atoms with Crippen molar-refractivity contribution in [2.45, 2.75) is 52.7 Å². The van der Waals surface area contributed by atoms with Gasteiger partial charge in [-0.2, -0.15) is 0 Å². The average molecular weight is 308 g/mol. The summed E-state index contributed by atoms with van der Waals surface area (Å²) in [4.78, 5) is 22.7. The quantitative estimate of drug-likeness (QED) is 0.793. The van der Waals surface area contributed by atoms with Gasteiger partial charge < -0.3 is 15.6 Å². The third kappa shape index (κ3) is 5.37. The first-order valence-corrected chi connectivity index (χ1v) is 7.08. The first-order chi connectivity index (χ1) is 9.99. The van der Waals surface area contributed by atoms with Crippen LogP contribution in [-0.2, 0) is 9.53 Å². The first-order valence-electron chi connectivity index (χ1n) is 7.08. The summed E-state index contributed by atoms with van der Waals surface area (Å²) < 4.78 is 5.23. The van der Waals surface area contributed by atoms with Crippen molar-refractivity contribution in [3.63, 3.8) is 0 Å². The van der Waals surface area contributed by atoms with Crippen LogP contribution in [0.5, 0.6) is 0 Å². The maximum absolute atomic E-state index is 11.9. The normalized spacial score (nSPS) is 12.6. The van der Waals surface area contributed by atoms with Gasteiger partial charge in [-0.25, -0.2) is 4.79 Å². The molecule has 1 amide bonds. The Morgan fingerprint density at radius 3 is 2.41 bits per heavy atom. The number of carboxylic acids is 1. The van der Waals surface area contributed by atoms with E-state index in [1.807, 2.05) is 19.9 Å². The summed E-state index contributed by atoms with van der Waals surface area (Å²) in [6.45, 7) is 9.10. The van der Waals surface area contributed by atoms with Crippen LogP contribution in [-0.4, -0.2) is 22.8 Å². The fourth-order valence-electron chi connectivity index (χ4n) is 1.95. The molecule has 1 atom stereocenters. The summed E-state index contributed by atoms with van der Waals surface area (Å²) in [6, 6.07) is 2.90. The summed E-state index contributed by atoms with van der Waals surface area (Å²) in [5.41, 5.74) is 8.34. The first kappa shape index (κ1) is 18.0. The SMILES string of the molecule is Cc1cc(C(N)CC(=O)O)cc(NC(=O)OC(C)(C)C)c1C. The molecule has 0 radical (unpaired) electrons. The Hall–Kier alpha value is -2.08. The van der Waals surface area contributed by atoms with Gasteiger partial charge >= 0.3 is 12.1 Å². The highest BCUT2D eigenvalue weighted by atomic mass is 16.6. The van der Waals surface area contributed by atoms with Crippen molar-refractivity contribution in [3.8, 4) is 0 Å². The van der Waals surface area contributed by atoms with E-state index in [1.54, 1.807) is 26.8 Å². The number of aryl methyl sites for hydroxylation is 1. The van der Waals surface area contributed by atoms with Crippen LogP contribution in [0, 0.1) is 13.8 Å². The Morgan fingerprint density at radius 2 is 1.91 bits per heavy atom. The van der Waals surface area contributed by atoms with E-state index in [4.69, 9.17) is 15.6 Å². The summed E-state index contributed by atoms with van der Waals surface area (Å²) in [5.74, 6) is -0.965. The molecular weight excluding hydrogens is 284 g/mol. The van der Waals surface area contributed by atoms with Gasteiger partial charge in [0, 0.05) is 11.7 Å². The van der Waals surface area contributed by atoms with Gasteiger partial charge in [0.05, 0.1) is 6.42 Å². The van der Waals surface area contributed by atoms with Crippen LogP contribution in [0.2, 0.25) is 0 Å². The largest absolute Gasteiger partial charge is 0.481 e. The lowest BCUT2D eigenvalue weighted by molar-refractivity contribution is -0.137. The van der Waals surface area contributed by atoms with Gasteiger partial charge in [-0.3, -0.25) is 10.1 Å². The molecule has 0 aliphatic carbocycles. The lowest BCUT2D eigenvalue weighted by Gasteiger charge is -2.21. The highest BCUT2D eigenvalue weighted by Crippen LogP contribution is 2.26. The van der Waals surface area contributed by atoms with Crippen molar-refractivity contribution in [3.05, 3.63) is 28.8 Å². The van der Waals surface area contributed by atoms with Gasteiger partial charge in [0.25, 0.3) is 0 Å². The van der Waals surface area contributed by atoms with Crippen LogP contribution in [0.4, 0.5) is 10.5 Å². The summed E-state index contributed by atoms with van der Waals surface area (Å²) in [7, 11) is 0. The molecule has 0 fully saturated rings. The van der Waals surface area contributed by atoms with E-state index in [-0.39, 0.29) is 6.42 Å². The number of carbonyl (C=O) groups is 2. The third-order valence-electron chi connectivity index (χ3n) is 3.15. The van der Waals surface area contributed by atoms with Crippen LogP contribution >= 0.6 is 0 Å². The number of ether oxygens (including phenoxy) is 1. The molecule has 6 heteroatoms. The molecule has 0 aliphatic heterocycles. The molecule has 122 valence electrons. The molecular formula is C16H24N2O4. The predicted molar refractivity (Wildman–Crippen MR) is 85.0 cm³/mol. The van der Waals surface area contributed by atoms with E-state index in [0.717, 1.165) is 11.1 Å². The monoisotopic (exact) mass is 308 g/mol. The maximum atomic E-state index is 11.9. The van der Waals surface area contributed by atoms with Crippen molar-refractivity contribution in [2.24, 2.45) is 5.73 Å². The second-order valence-electron chi connectivity index (χ2n) is 6.34. The molecule has 0 spiro atoms. The summed E-state index contributed by atoms with van der Waals surface area (Å²) in [6.07, 6.45) is -0.729. The minimum atomic E-state index is -0.965. The topological polar surface area (TPSA) is 102 Å². The number of carbonyl (C=O) groups excluding carboxylic acids is 1. The molecule has 0 saturated heterocycles. The van der Waals surface area contributed by atoms with Crippen molar-refractivity contribution in [2.75, 3.05) is 5.32 Å². The summed E-state index contributed by atoms with van der Waals surface area (Å²) in [5, 5.41) is 11.5. The van der Waals surface area contributed by atoms with Crippen LogP contribution in [0.15, 0.2) is 12.1 Å². The molecule has 0 aliphatic rings. The third-order valence-corrected chi connectivity index (χ3v) is 3.15. The highest BCUT2D eigenvalue weighted by Gasteiger charge is 2.18. The lowest BCUT2D eigenvalue weighted by atomic mass is 9.98. The molecule has 0 saturated carbocycles. The molecule has 4 N–H and O–H groups in total. The molecule has 0 heterocycles.